The van der Waals surface area contributed by atoms with Crippen molar-refractivity contribution >= 4 is 11.5 Å². The number of rotatable bonds is 17. The van der Waals surface area contributed by atoms with Crippen LogP contribution in [0.4, 0.5) is 5.69 Å². The van der Waals surface area contributed by atoms with Crippen molar-refractivity contribution in [3.63, 3.8) is 0 Å². The van der Waals surface area contributed by atoms with Gasteiger partial charge in [-0.3, -0.25) is 4.79 Å². The highest BCUT2D eigenvalue weighted by atomic mass is 16.5. The molecule has 26 heavy (non-hydrogen) atoms. The zero-order valence-corrected chi connectivity index (χ0v) is 16.1. The van der Waals surface area contributed by atoms with Gasteiger partial charge in [0.05, 0.1) is 33.0 Å². The number of unbranched alkanes of at least 4 members (excludes halogenated alkanes) is 1. The van der Waals surface area contributed by atoms with E-state index < -0.39 is 0 Å². The standard InChI is InChI=1S/C20H33NO5/c1-3-19(22)17-25-16-15-24-14-13-23-11-5-6-12-26-20-9-7-18(8-10-20)21-4-2/h7-10,21H,3-6,11-17H2,1-2H3. The lowest BCUT2D eigenvalue weighted by Crippen LogP contribution is -2.13. The van der Waals surface area contributed by atoms with Gasteiger partial charge in [0.25, 0.3) is 0 Å². The summed E-state index contributed by atoms with van der Waals surface area (Å²) in [6.45, 7) is 8.43. The highest BCUT2D eigenvalue weighted by molar-refractivity contribution is 5.79. The molecular formula is C20H33NO5. The summed E-state index contributed by atoms with van der Waals surface area (Å²) in [4.78, 5) is 11.0. The van der Waals surface area contributed by atoms with Gasteiger partial charge in [-0.25, -0.2) is 0 Å². The first kappa shape index (κ1) is 22.4. The van der Waals surface area contributed by atoms with Crippen LogP contribution < -0.4 is 10.1 Å². The second-order valence-electron chi connectivity index (χ2n) is 5.78. The molecule has 1 N–H and O–H groups in total. The van der Waals surface area contributed by atoms with Crippen LogP contribution in [0.2, 0.25) is 0 Å². The van der Waals surface area contributed by atoms with Crippen LogP contribution in [0.5, 0.6) is 5.75 Å². The van der Waals surface area contributed by atoms with Crippen LogP contribution in [0.3, 0.4) is 0 Å². The van der Waals surface area contributed by atoms with Crippen molar-refractivity contribution in [2.75, 3.05) is 58.1 Å². The van der Waals surface area contributed by atoms with Crippen molar-refractivity contribution in [3.8, 4) is 5.75 Å². The van der Waals surface area contributed by atoms with Gasteiger partial charge in [0.2, 0.25) is 0 Å². The molecule has 0 bridgehead atoms. The quantitative estimate of drug-likeness (QED) is 0.426. The Morgan fingerprint density at radius 2 is 1.46 bits per heavy atom. The second-order valence-corrected chi connectivity index (χ2v) is 5.78. The Balaban J connectivity index is 1.84. The van der Waals surface area contributed by atoms with Crippen molar-refractivity contribution in [3.05, 3.63) is 24.3 Å². The summed E-state index contributed by atoms with van der Waals surface area (Å²) in [5, 5.41) is 3.25. The molecule has 0 saturated carbocycles. The molecule has 0 aliphatic carbocycles. The third-order valence-electron chi connectivity index (χ3n) is 3.59. The molecule has 1 aromatic rings. The molecule has 1 aromatic carbocycles. The third-order valence-corrected chi connectivity index (χ3v) is 3.59. The molecule has 0 atom stereocenters. The minimum atomic E-state index is 0.114. The molecule has 0 fully saturated rings. The van der Waals surface area contributed by atoms with Crippen molar-refractivity contribution < 1.29 is 23.7 Å². The molecule has 148 valence electrons. The predicted octanol–water partition coefficient (Wildman–Crippen LogP) is 3.31. The maximum absolute atomic E-state index is 11.0. The molecule has 0 aliphatic rings. The number of hydrogen-bond acceptors (Lipinski definition) is 6. The molecule has 0 saturated heterocycles. The Labute approximate surface area is 157 Å². The topological polar surface area (TPSA) is 66.0 Å². The largest absolute Gasteiger partial charge is 0.494 e. The van der Waals surface area contributed by atoms with E-state index in [0.29, 0.717) is 46.1 Å². The van der Waals surface area contributed by atoms with Crippen LogP contribution in [0.25, 0.3) is 0 Å². The fourth-order valence-electron chi connectivity index (χ4n) is 2.10. The van der Waals surface area contributed by atoms with Crippen LogP contribution in [-0.4, -0.2) is 58.6 Å². The van der Waals surface area contributed by atoms with Gasteiger partial charge in [-0.1, -0.05) is 6.92 Å². The normalized spacial score (nSPS) is 10.7. The Kier molecular flexibility index (Phi) is 13.5. The molecular weight excluding hydrogens is 334 g/mol. The van der Waals surface area contributed by atoms with Gasteiger partial charge in [0, 0.05) is 25.3 Å². The number of benzene rings is 1. The minimum Gasteiger partial charge on any atom is -0.494 e. The summed E-state index contributed by atoms with van der Waals surface area (Å²) >= 11 is 0. The third kappa shape index (κ3) is 11.8. The lowest BCUT2D eigenvalue weighted by atomic mass is 10.3. The van der Waals surface area contributed by atoms with Crippen molar-refractivity contribution in [1.29, 1.82) is 0 Å². The zero-order chi connectivity index (χ0) is 18.9. The van der Waals surface area contributed by atoms with Crippen LogP contribution in [0.1, 0.15) is 33.1 Å². The Morgan fingerprint density at radius 3 is 2.12 bits per heavy atom. The summed E-state index contributed by atoms with van der Waals surface area (Å²) in [6.07, 6.45) is 2.43. The zero-order valence-electron chi connectivity index (χ0n) is 16.1. The number of ketones is 1. The van der Waals surface area contributed by atoms with E-state index in [2.05, 4.69) is 12.2 Å². The number of carbonyl (C=O) groups excluding carboxylic acids is 1. The fourth-order valence-corrected chi connectivity index (χ4v) is 2.10. The van der Waals surface area contributed by atoms with Gasteiger partial charge < -0.3 is 24.3 Å². The average molecular weight is 367 g/mol. The molecule has 0 aromatic heterocycles. The number of hydrogen-bond donors (Lipinski definition) is 1. The molecule has 0 unspecified atom stereocenters. The first-order valence-corrected chi connectivity index (χ1v) is 9.48. The lowest BCUT2D eigenvalue weighted by Gasteiger charge is -2.08. The van der Waals surface area contributed by atoms with Gasteiger partial charge in [-0.2, -0.15) is 0 Å². The van der Waals surface area contributed by atoms with Crippen molar-refractivity contribution in [2.24, 2.45) is 0 Å². The Morgan fingerprint density at radius 1 is 0.846 bits per heavy atom. The van der Waals surface area contributed by atoms with Gasteiger partial charge in [0.1, 0.15) is 12.4 Å². The molecule has 1 rings (SSSR count). The SMILES string of the molecule is CCNc1ccc(OCCCCOCCOCCOCC(=O)CC)cc1. The first-order valence-electron chi connectivity index (χ1n) is 9.48. The average Bonchev–Trinajstić information content (AvgIpc) is 2.66. The van der Waals surface area contributed by atoms with Crippen molar-refractivity contribution in [1.82, 2.24) is 0 Å². The Hall–Kier alpha value is -1.63. The van der Waals surface area contributed by atoms with Gasteiger partial charge >= 0.3 is 0 Å². The minimum absolute atomic E-state index is 0.114. The van der Waals surface area contributed by atoms with E-state index in [1.165, 1.54) is 0 Å². The number of anilines is 1. The molecule has 6 heteroatoms. The summed E-state index contributed by atoms with van der Waals surface area (Å²) in [6, 6.07) is 8.00. The summed E-state index contributed by atoms with van der Waals surface area (Å²) in [5.74, 6) is 1.01. The molecule has 0 amide bonds. The lowest BCUT2D eigenvalue weighted by molar-refractivity contribution is -0.123. The van der Waals surface area contributed by atoms with Crippen LogP contribution in [-0.2, 0) is 19.0 Å². The number of nitrogens with one attached hydrogen (secondary N) is 1. The molecule has 0 spiro atoms. The molecule has 0 aliphatic heterocycles. The number of ether oxygens (including phenoxy) is 4. The van der Waals surface area contributed by atoms with Crippen LogP contribution >= 0.6 is 0 Å². The second kappa shape index (κ2) is 15.6. The number of carbonyl (C=O) groups is 1. The van der Waals surface area contributed by atoms with Gasteiger partial charge in [0.15, 0.2) is 5.78 Å². The highest BCUT2D eigenvalue weighted by Crippen LogP contribution is 2.15. The van der Waals surface area contributed by atoms with E-state index in [0.717, 1.165) is 30.8 Å². The van der Waals surface area contributed by atoms with E-state index in [1.54, 1.807) is 0 Å². The highest BCUT2D eigenvalue weighted by Gasteiger charge is 1.98. The maximum Gasteiger partial charge on any atom is 0.158 e. The molecule has 6 nitrogen and oxygen atoms in total. The smallest absolute Gasteiger partial charge is 0.158 e. The van der Waals surface area contributed by atoms with E-state index >= 15 is 0 Å². The fraction of sp³-hybridized carbons (Fsp3) is 0.650. The van der Waals surface area contributed by atoms with E-state index in [9.17, 15) is 4.79 Å². The predicted molar refractivity (Wildman–Crippen MR) is 103 cm³/mol. The summed E-state index contributed by atoms with van der Waals surface area (Å²) in [7, 11) is 0. The Bertz CT molecular complexity index is 464. The van der Waals surface area contributed by atoms with Gasteiger partial charge in [-0.15, -0.1) is 0 Å². The number of Topliss-reactive ketones (excluding diaryl/α,β-unsaturated/α-hetero) is 1. The van der Waals surface area contributed by atoms with E-state index in [-0.39, 0.29) is 12.4 Å². The summed E-state index contributed by atoms with van der Waals surface area (Å²) < 4.78 is 21.8. The van der Waals surface area contributed by atoms with Crippen molar-refractivity contribution in [2.45, 2.75) is 33.1 Å². The molecule has 0 heterocycles. The van der Waals surface area contributed by atoms with E-state index in [4.69, 9.17) is 18.9 Å². The first-order chi connectivity index (χ1) is 12.8. The summed E-state index contributed by atoms with van der Waals surface area (Å²) in [5.41, 5.74) is 1.11. The monoisotopic (exact) mass is 367 g/mol. The van der Waals surface area contributed by atoms with Crippen LogP contribution in [0, 0.1) is 0 Å². The van der Waals surface area contributed by atoms with Crippen LogP contribution in [0.15, 0.2) is 24.3 Å². The van der Waals surface area contributed by atoms with E-state index in [1.807, 2.05) is 31.2 Å². The maximum atomic E-state index is 11.0. The van der Waals surface area contributed by atoms with Gasteiger partial charge in [-0.05, 0) is 44.0 Å². The molecule has 0 radical (unpaired) electrons.